The second kappa shape index (κ2) is 10.9. The van der Waals surface area contributed by atoms with Crippen LogP contribution in [0.15, 0.2) is 35.5 Å². The second-order valence-electron chi connectivity index (χ2n) is 9.69. The lowest BCUT2D eigenvalue weighted by Crippen LogP contribution is -2.44. The summed E-state index contributed by atoms with van der Waals surface area (Å²) in [5, 5.41) is 0. The third kappa shape index (κ3) is 6.06. The molecule has 0 radical (unpaired) electrons. The number of nitrogens with zero attached hydrogens (tertiary/aromatic N) is 4. The zero-order chi connectivity index (χ0) is 23.5. The summed E-state index contributed by atoms with van der Waals surface area (Å²) in [6.45, 7) is 24.9. The van der Waals surface area contributed by atoms with Crippen LogP contribution in [-0.2, 0) is 0 Å². The van der Waals surface area contributed by atoms with Gasteiger partial charge in [0.25, 0.3) is 0 Å². The monoisotopic (exact) mass is 442 g/mol. The summed E-state index contributed by atoms with van der Waals surface area (Å²) in [4.78, 5) is 4.96. The Kier molecular flexibility index (Phi) is 9.06. The van der Waals surface area contributed by atoms with E-state index in [1.165, 1.54) is 16.7 Å². The Balaban J connectivity index is 2.59. The summed E-state index contributed by atoms with van der Waals surface area (Å²) in [6, 6.07) is 10.5. The molecule has 0 atom stereocenters. The third-order valence-electron chi connectivity index (χ3n) is 5.44. The van der Waals surface area contributed by atoms with E-state index in [9.17, 15) is 0 Å². The van der Waals surface area contributed by atoms with Gasteiger partial charge in [0.15, 0.2) is 8.37 Å². The molecule has 1 heterocycles. The molecule has 0 N–H and O–H groups in total. The largest absolute Gasteiger partial charge is 0.300 e. The van der Waals surface area contributed by atoms with Crippen molar-refractivity contribution in [3.8, 4) is 0 Å². The highest BCUT2D eigenvalue weighted by Crippen LogP contribution is 2.51. The van der Waals surface area contributed by atoms with Crippen molar-refractivity contribution in [2.75, 3.05) is 0 Å². The number of aryl methyl sites for hydroxylation is 3. The average molecular weight is 443 g/mol. The topological polar surface area (TPSA) is 23.8 Å². The van der Waals surface area contributed by atoms with Gasteiger partial charge in [0.05, 0.1) is 17.6 Å². The lowest BCUT2D eigenvalue weighted by Gasteiger charge is -2.47. The van der Waals surface area contributed by atoms with Crippen LogP contribution in [0.1, 0.15) is 77.8 Å². The first-order valence-electron chi connectivity index (χ1n) is 11.6. The minimum absolute atomic E-state index is 0.444. The maximum atomic E-state index is 4.96. The van der Waals surface area contributed by atoms with E-state index in [1.807, 2.05) is 0 Å². The molecule has 5 heteroatoms. The molecular weight excluding hydrogens is 399 g/mol. The van der Waals surface area contributed by atoms with E-state index in [1.54, 1.807) is 0 Å². The summed E-state index contributed by atoms with van der Waals surface area (Å²) in [5.74, 6) is 0. The van der Waals surface area contributed by atoms with E-state index in [0.717, 1.165) is 11.4 Å². The van der Waals surface area contributed by atoms with Gasteiger partial charge in [-0.05, 0) is 99.4 Å². The van der Waals surface area contributed by atoms with Gasteiger partial charge in [0.1, 0.15) is 0 Å². The molecule has 2 aromatic rings. The predicted octanol–water partition coefficient (Wildman–Crippen LogP) is 7.48. The van der Waals surface area contributed by atoms with Crippen LogP contribution in [0.4, 0.5) is 5.69 Å². The standard InChI is InChI=1S/C26H43N4P/c1-18(2)29(19(3)4)31(30(20(5)6)21(7)8)28-14-12-13-25(28)17-27-26-23(10)15-22(9)16-24(26)11/h12-21H,1-11H3. The Morgan fingerprint density at radius 1 is 0.806 bits per heavy atom. The fraction of sp³-hybridized carbons (Fsp3) is 0.577. The van der Waals surface area contributed by atoms with Gasteiger partial charge in [-0.2, -0.15) is 0 Å². The van der Waals surface area contributed by atoms with E-state index in [-0.39, 0.29) is 0 Å². The SMILES string of the molecule is Cc1cc(C)c(N=Cc2cccn2P(N(C(C)C)C(C)C)N(C(C)C)C(C)C)c(C)c1. The predicted molar refractivity (Wildman–Crippen MR) is 139 cm³/mol. The molecule has 0 aliphatic heterocycles. The maximum absolute atomic E-state index is 4.96. The summed E-state index contributed by atoms with van der Waals surface area (Å²) in [6.07, 6.45) is 4.29. The van der Waals surface area contributed by atoms with Crippen molar-refractivity contribution in [2.45, 2.75) is 100 Å². The van der Waals surface area contributed by atoms with Crippen molar-refractivity contribution in [3.05, 3.63) is 52.8 Å². The fourth-order valence-corrected chi connectivity index (χ4v) is 7.38. The first-order valence-corrected chi connectivity index (χ1v) is 12.8. The van der Waals surface area contributed by atoms with E-state index in [2.05, 4.69) is 127 Å². The molecule has 4 nitrogen and oxygen atoms in total. The molecule has 0 saturated heterocycles. The highest BCUT2D eigenvalue weighted by molar-refractivity contribution is 7.51. The normalized spacial score (nSPS) is 13.0. The molecule has 0 aliphatic carbocycles. The number of hydrogen-bond acceptors (Lipinski definition) is 3. The molecule has 1 aromatic heterocycles. The Morgan fingerprint density at radius 2 is 1.26 bits per heavy atom. The summed E-state index contributed by atoms with van der Waals surface area (Å²) < 4.78 is 7.78. The van der Waals surface area contributed by atoms with Gasteiger partial charge in [-0.1, -0.05) is 17.7 Å². The molecule has 2 rings (SSSR count). The maximum Gasteiger partial charge on any atom is 0.154 e. The fourth-order valence-electron chi connectivity index (χ4n) is 4.52. The van der Waals surface area contributed by atoms with Crippen LogP contribution >= 0.6 is 8.37 Å². The minimum Gasteiger partial charge on any atom is -0.300 e. The Hall–Kier alpha value is -1.48. The second-order valence-corrected chi connectivity index (χ2v) is 11.6. The van der Waals surface area contributed by atoms with E-state index < -0.39 is 8.37 Å². The number of benzene rings is 1. The zero-order valence-electron chi connectivity index (χ0n) is 21.5. The Bertz CT molecular complexity index is 820. The van der Waals surface area contributed by atoms with Crippen molar-refractivity contribution in [1.82, 2.24) is 13.7 Å². The van der Waals surface area contributed by atoms with Gasteiger partial charge >= 0.3 is 0 Å². The number of hydrogen-bond donors (Lipinski definition) is 0. The highest BCUT2D eigenvalue weighted by Gasteiger charge is 2.35. The van der Waals surface area contributed by atoms with Crippen molar-refractivity contribution in [3.63, 3.8) is 0 Å². The number of rotatable bonds is 9. The van der Waals surface area contributed by atoms with Crippen LogP contribution in [0.3, 0.4) is 0 Å². The highest BCUT2D eigenvalue weighted by atomic mass is 31.2. The molecular formula is C26H43N4P. The molecule has 1 aromatic carbocycles. The number of aromatic nitrogens is 1. The van der Waals surface area contributed by atoms with Crippen LogP contribution in [0, 0.1) is 20.8 Å². The Morgan fingerprint density at radius 3 is 1.68 bits per heavy atom. The van der Waals surface area contributed by atoms with Gasteiger partial charge in [-0.15, -0.1) is 0 Å². The van der Waals surface area contributed by atoms with Crippen molar-refractivity contribution < 1.29 is 0 Å². The van der Waals surface area contributed by atoms with Crippen LogP contribution in [0.2, 0.25) is 0 Å². The lowest BCUT2D eigenvalue weighted by atomic mass is 10.1. The summed E-state index contributed by atoms with van der Waals surface area (Å²) in [7, 11) is -0.733. The number of aliphatic imine (C=N–C) groups is 1. The quantitative estimate of drug-likeness (QED) is 0.297. The first-order chi connectivity index (χ1) is 14.5. The van der Waals surface area contributed by atoms with E-state index in [0.29, 0.717) is 24.2 Å². The van der Waals surface area contributed by atoms with Crippen molar-refractivity contribution in [1.29, 1.82) is 0 Å². The van der Waals surface area contributed by atoms with Gasteiger partial charge in [0, 0.05) is 30.4 Å². The molecule has 0 unspecified atom stereocenters. The summed E-state index contributed by atoms with van der Waals surface area (Å²) >= 11 is 0. The molecule has 172 valence electrons. The van der Waals surface area contributed by atoms with Crippen LogP contribution in [-0.4, -0.2) is 44.1 Å². The van der Waals surface area contributed by atoms with Crippen molar-refractivity contribution in [2.24, 2.45) is 4.99 Å². The third-order valence-corrected chi connectivity index (χ3v) is 8.87. The van der Waals surface area contributed by atoms with Gasteiger partial charge in [0.2, 0.25) is 0 Å². The van der Waals surface area contributed by atoms with Gasteiger partial charge in [-0.25, -0.2) is 9.34 Å². The van der Waals surface area contributed by atoms with Gasteiger partial charge < -0.3 is 0 Å². The first kappa shape index (κ1) is 25.8. The van der Waals surface area contributed by atoms with Crippen molar-refractivity contribution >= 4 is 20.3 Å². The van der Waals surface area contributed by atoms with Crippen LogP contribution in [0.25, 0.3) is 0 Å². The average Bonchev–Trinajstić information content (AvgIpc) is 3.07. The van der Waals surface area contributed by atoms with E-state index >= 15 is 0 Å². The van der Waals surface area contributed by atoms with Crippen LogP contribution in [0.5, 0.6) is 0 Å². The smallest absolute Gasteiger partial charge is 0.154 e. The summed E-state index contributed by atoms with van der Waals surface area (Å²) in [5.41, 5.74) is 5.98. The molecule has 0 aliphatic rings. The lowest BCUT2D eigenvalue weighted by molar-refractivity contribution is 0.252. The minimum atomic E-state index is -0.733. The van der Waals surface area contributed by atoms with Gasteiger partial charge in [-0.3, -0.25) is 9.33 Å². The van der Waals surface area contributed by atoms with Crippen LogP contribution < -0.4 is 0 Å². The molecule has 0 spiro atoms. The van der Waals surface area contributed by atoms with E-state index in [4.69, 9.17) is 4.99 Å². The molecule has 0 bridgehead atoms. The zero-order valence-corrected chi connectivity index (χ0v) is 22.4. The molecule has 0 saturated carbocycles. The Labute approximate surface area is 192 Å². The molecule has 0 fully saturated rings. The molecule has 31 heavy (non-hydrogen) atoms. The molecule has 0 amide bonds.